The summed E-state index contributed by atoms with van der Waals surface area (Å²) in [5, 5.41) is 0. The number of nitrogens with zero attached hydrogens (tertiary/aromatic N) is 4. The molecule has 0 aliphatic carbocycles. The van der Waals surface area contributed by atoms with Crippen LogP contribution in [0.25, 0.3) is 0 Å². The van der Waals surface area contributed by atoms with Gasteiger partial charge in [0.05, 0.1) is 18.8 Å². The molecule has 146 valence electrons. The van der Waals surface area contributed by atoms with Crippen molar-refractivity contribution in [2.24, 2.45) is 0 Å². The van der Waals surface area contributed by atoms with E-state index in [1.807, 2.05) is 30.3 Å². The molecule has 2 aromatic rings. The van der Waals surface area contributed by atoms with E-state index in [9.17, 15) is 9.59 Å². The summed E-state index contributed by atoms with van der Waals surface area (Å²) in [4.78, 5) is 38.4. The molecule has 7 heteroatoms. The minimum atomic E-state index is -1.00. The van der Waals surface area contributed by atoms with E-state index in [1.54, 1.807) is 22.9 Å². The third-order valence-electron chi connectivity index (χ3n) is 5.47. The standard InChI is InChI=1S/C21H24N4O3/c1-16-18(23-11-10-22-16)19(26)24-13-14-28-21(15-24)9-5-6-12-25(20(21)27)17-7-3-2-4-8-17/h2-4,7-8,10-11H,5-6,9,12-15H2,1H3. The lowest BCUT2D eigenvalue weighted by atomic mass is 9.93. The number of ether oxygens (including phenoxy) is 1. The van der Waals surface area contributed by atoms with Crippen LogP contribution in [-0.4, -0.2) is 58.5 Å². The van der Waals surface area contributed by atoms with E-state index in [-0.39, 0.29) is 18.4 Å². The van der Waals surface area contributed by atoms with Crippen molar-refractivity contribution in [1.29, 1.82) is 0 Å². The molecule has 28 heavy (non-hydrogen) atoms. The molecule has 0 bridgehead atoms. The largest absolute Gasteiger partial charge is 0.361 e. The van der Waals surface area contributed by atoms with Crippen molar-refractivity contribution in [3.8, 4) is 0 Å². The van der Waals surface area contributed by atoms with Gasteiger partial charge in [-0.3, -0.25) is 14.6 Å². The van der Waals surface area contributed by atoms with Crippen LogP contribution in [-0.2, 0) is 9.53 Å². The van der Waals surface area contributed by atoms with Crippen LogP contribution >= 0.6 is 0 Å². The number of benzene rings is 1. The molecule has 1 aromatic carbocycles. The Balaban J connectivity index is 1.61. The fourth-order valence-electron chi connectivity index (χ4n) is 3.99. The first-order valence-corrected chi connectivity index (χ1v) is 9.69. The summed E-state index contributed by atoms with van der Waals surface area (Å²) >= 11 is 0. The van der Waals surface area contributed by atoms with Crippen LogP contribution < -0.4 is 4.90 Å². The Bertz CT molecular complexity index is 873. The molecule has 0 radical (unpaired) electrons. The summed E-state index contributed by atoms with van der Waals surface area (Å²) in [5.41, 5.74) is 0.786. The van der Waals surface area contributed by atoms with Gasteiger partial charge in [-0.25, -0.2) is 4.98 Å². The van der Waals surface area contributed by atoms with Gasteiger partial charge in [0.2, 0.25) is 0 Å². The Morgan fingerprint density at radius 3 is 2.68 bits per heavy atom. The fraction of sp³-hybridized carbons (Fsp3) is 0.429. The lowest BCUT2D eigenvalue weighted by Gasteiger charge is -2.42. The van der Waals surface area contributed by atoms with Crippen molar-refractivity contribution in [1.82, 2.24) is 14.9 Å². The lowest BCUT2D eigenvalue weighted by molar-refractivity contribution is -0.155. The molecular weight excluding hydrogens is 356 g/mol. The molecule has 3 heterocycles. The second kappa shape index (κ2) is 7.67. The van der Waals surface area contributed by atoms with Gasteiger partial charge in [-0.05, 0) is 38.3 Å². The Morgan fingerprint density at radius 2 is 1.89 bits per heavy atom. The monoisotopic (exact) mass is 380 g/mol. The number of rotatable bonds is 2. The summed E-state index contributed by atoms with van der Waals surface area (Å²) in [7, 11) is 0. The van der Waals surface area contributed by atoms with Gasteiger partial charge in [0.25, 0.3) is 11.8 Å². The van der Waals surface area contributed by atoms with Crippen molar-refractivity contribution >= 4 is 17.5 Å². The maximum Gasteiger partial charge on any atom is 0.274 e. The number of morpholine rings is 1. The van der Waals surface area contributed by atoms with Gasteiger partial charge < -0.3 is 14.5 Å². The average Bonchev–Trinajstić information content (AvgIpc) is 2.88. The number of amides is 2. The average molecular weight is 380 g/mol. The molecule has 2 amide bonds. The van der Waals surface area contributed by atoms with Crippen LogP contribution in [0.3, 0.4) is 0 Å². The molecule has 1 atom stereocenters. The first kappa shape index (κ1) is 18.6. The van der Waals surface area contributed by atoms with Crippen LogP contribution in [0.4, 0.5) is 5.69 Å². The fourth-order valence-corrected chi connectivity index (χ4v) is 3.99. The van der Waals surface area contributed by atoms with Crippen molar-refractivity contribution in [2.45, 2.75) is 31.8 Å². The van der Waals surface area contributed by atoms with Crippen molar-refractivity contribution < 1.29 is 14.3 Å². The quantitative estimate of drug-likeness (QED) is 0.799. The van der Waals surface area contributed by atoms with Crippen molar-refractivity contribution in [3.63, 3.8) is 0 Å². The van der Waals surface area contributed by atoms with Gasteiger partial charge in [-0.1, -0.05) is 18.2 Å². The molecule has 7 nitrogen and oxygen atoms in total. The number of aromatic nitrogens is 2. The molecule has 2 fully saturated rings. The Labute approximate surface area is 164 Å². The topological polar surface area (TPSA) is 75.6 Å². The second-order valence-electron chi connectivity index (χ2n) is 7.31. The molecule has 1 aromatic heterocycles. The van der Waals surface area contributed by atoms with Crippen LogP contribution in [0, 0.1) is 6.92 Å². The molecule has 1 unspecified atom stereocenters. The Morgan fingerprint density at radius 1 is 1.11 bits per heavy atom. The number of para-hydroxylation sites is 1. The zero-order valence-electron chi connectivity index (χ0n) is 16.0. The normalized spacial score (nSPS) is 23.0. The lowest BCUT2D eigenvalue weighted by Crippen LogP contribution is -2.61. The highest BCUT2D eigenvalue weighted by molar-refractivity contribution is 6.01. The van der Waals surface area contributed by atoms with Gasteiger partial charge in [0.1, 0.15) is 5.69 Å². The number of carbonyl (C=O) groups is 2. The third kappa shape index (κ3) is 3.38. The molecule has 1 spiro atoms. The van der Waals surface area contributed by atoms with Crippen LogP contribution in [0.5, 0.6) is 0 Å². The first-order chi connectivity index (χ1) is 13.6. The van der Waals surface area contributed by atoms with E-state index < -0.39 is 5.60 Å². The molecule has 2 aliphatic heterocycles. The minimum absolute atomic E-state index is 0.0652. The summed E-state index contributed by atoms with van der Waals surface area (Å²) in [6.45, 7) is 3.44. The van der Waals surface area contributed by atoms with E-state index in [1.165, 1.54) is 6.20 Å². The summed E-state index contributed by atoms with van der Waals surface area (Å²) in [6, 6.07) is 9.66. The maximum atomic E-state index is 13.5. The van der Waals surface area contributed by atoms with E-state index in [4.69, 9.17) is 4.74 Å². The van der Waals surface area contributed by atoms with Crippen molar-refractivity contribution in [3.05, 3.63) is 54.1 Å². The smallest absolute Gasteiger partial charge is 0.274 e. The number of carbonyl (C=O) groups excluding carboxylic acids is 2. The van der Waals surface area contributed by atoms with E-state index in [0.29, 0.717) is 37.5 Å². The highest BCUT2D eigenvalue weighted by Crippen LogP contribution is 2.32. The van der Waals surface area contributed by atoms with Crippen LogP contribution in [0.1, 0.15) is 35.4 Å². The highest BCUT2D eigenvalue weighted by atomic mass is 16.5. The maximum absolute atomic E-state index is 13.5. The Kier molecular flexibility index (Phi) is 5.09. The summed E-state index contributed by atoms with van der Waals surface area (Å²) < 4.78 is 6.08. The van der Waals surface area contributed by atoms with E-state index >= 15 is 0 Å². The highest BCUT2D eigenvalue weighted by Gasteiger charge is 2.48. The van der Waals surface area contributed by atoms with Gasteiger partial charge in [-0.15, -0.1) is 0 Å². The van der Waals surface area contributed by atoms with Gasteiger partial charge in [0.15, 0.2) is 5.60 Å². The SMILES string of the molecule is Cc1nccnc1C(=O)N1CCOC2(CCCCN(c3ccccc3)C2=O)C1. The molecule has 2 saturated heterocycles. The third-order valence-corrected chi connectivity index (χ3v) is 5.47. The van der Waals surface area contributed by atoms with E-state index in [0.717, 1.165) is 18.5 Å². The number of anilines is 1. The van der Waals surface area contributed by atoms with Gasteiger partial charge in [-0.2, -0.15) is 0 Å². The Hall–Kier alpha value is -2.80. The molecule has 0 saturated carbocycles. The molecule has 4 rings (SSSR count). The molecule has 0 N–H and O–H groups in total. The summed E-state index contributed by atoms with van der Waals surface area (Å²) in [6.07, 6.45) is 5.48. The number of hydrogen-bond acceptors (Lipinski definition) is 5. The minimum Gasteiger partial charge on any atom is -0.361 e. The zero-order chi connectivity index (χ0) is 19.6. The predicted octanol–water partition coefficient (Wildman–Crippen LogP) is 2.21. The number of aryl methyl sites for hydroxylation is 1. The second-order valence-corrected chi connectivity index (χ2v) is 7.31. The van der Waals surface area contributed by atoms with Gasteiger partial charge >= 0.3 is 0 Å². The molecule has 2 aliphatic rings. The predicted molar refractivity (Wildman–Crippen MR) is 104 cm³/mol. The summed E-state index contributed by atoms with van der Waals surface area (Å²) in [5.74, 6) is -0.263. The first-order valence-electron chi connectivity index (χ1n) is 9.69. The zero-order valence-corrected chi connectivity index (χ0v) is 16.0. The van der Waals surface area contributed by atoms with Crippen molar-refractivity contribution in [2.75, 3.05) is 31.1 Å². The van der Waals surface area contributed by atoms with Gasteiger partial charge in [0, 0.05) is 31.2 Å². The number of hydrogen-bond donors (Lipinski definition) is 0. The van der Waals surface area contributed by atoms with Crippen LogP contribution in [0.2, 0.25) is 0 Å². The van der Waals surface area contributed by atoms with Crippen LogP contribution in [0.15, 0.2) is 42.7 Å². The molecular formula is C21H24N4O3. The van der Waals surface area contributed by atoms with E-state index in [2.05, 4.69) is 9.97 Å².